The Morgan fingerprint density at radius 3 is 2.50 bits per heavy atom. The number of carbonyl (C=O) groups is 1. The molecule has 0 fully saturated rings. The minimum Gasteiger partial charge on any atom is -0.469 e. The summed E-state index contributed by atoms with van der Waals surface area (Å²) in [5, 5.41) is 0. The van der Waals surface area contributed by atoms with Crippen LogP contribution in [0.1, 0.15) is 18.9 Å². The summed E-state index contributed by atoms with van der Waals surface area (Å²) in [6, 6.07) is 9.53. The third-order valence-electron chi connectivity index (χ3n) is 2.17. The normalized spacial score (nSPS) is 14.5. The highest BCUT2D eigenvalue weighted by Gasteiger charge is 2.24. The largest absolute Gasteiger partial charge is 0.469 e. The lowest BCUT2D eigenvalue weighted by Gasteiger charge is -2.23. The number of benzene rings is 1. The number of carbonyl (C=O) groups excluding carboxylic acids is 1. The van der Waals surface area contributed by atoms with Gasteiger partial charge >= 0.3 is 5.97 Å². The lowest BCUT2D eigenvalue weighted by Crippen LogP contribution is -2.35. The molecule has 0 aliphatic rings. The number of ether oxygens (including phenoxy) is 1. The molecule has 14 heavy (non-hydrogen) atoms. The molecule has 3 nitrogen and oxygen atoms in total. The fourth-order valence-corrected chi connectivity index (χ4v) is 1.29. The average Bonchev–Trinajstić information content (AvgIpc) is 2.18. The molecule has 0 bridgehead atoms. The molecule has 3 heteroatoms. The van der Waals surface area contributed by atoms with Crippen molar-refractivity contribution >= 4 is 5.97 Å². The van der Waals surface area contributed by atoms with Crippen LogP contribution in [0, 0.1) is 0 Å². The molecule has 1 aromatic rings. The van der Waals surface area contributed by atoms with Crippen molar-refractivity contribution in [2.24, 2.45) is 5.73 Å². The van der Waals surface area contributed by atoms with Gasteiger partial charge < -0.3 is 10.5 Å². The third kappa shape index (κ3) is 2.57. The van der Waals surface area contributed by atoms with E-state index in [0.29, 0.717) is 0 Å². The number of esters is 1. The van der Waals surface area contributed by atoms with Crippen LogP contribution in [0.15, 0.2) is 30.3 Å². The third-order valence-corrected chi connectivity index (χ3v) is 2.17. The van der Waals surface area contributed by atoms with Gasteiger partial charge in [-0.2, -0.15) is 0 Å². The van der Waals surface area contributed by atoms with Crippen molar-refractivity contribution < 1.29 is 9.53 Å². The molecule has 2 N–H and O–H groups in total. The van der Waals surface area contributed by atoms with Crippen LogP contribution in [0.4, 0.5) is 0 Å². The van der Waals surface area contributed by atoms with E-state index in [1.54, 1.807) is 0 Å². The maximum atomic E-state index is 11.1. The Morgan fingerprint density at radius 1 is 1.43 bits per heavy atom. The van der Waals surface area contributed by atoms with Gasteiger partial charge in [-0.3, -0.25) is 4.79 Å². The highest BCUT2D eigenvalue weighted by Crippen LogP contribution is 2.21. The number of hydrogen-bond donors (Lipinski definition) is 1. The van der Waals surface area contributed by atoms with E-state index in [4.69, 9.17) is 5.73 Å². The van der Waals surface area contributed by atoms with E-state index in [-0.39, 0.29) is 12.4 Å². The zero-order chi connectivity index (χ0) is 10.6. The second-order valence-electron chi connectivity index (χ2n) is 3.54. The van der Waals surface area contributed by atoms with Gasteiger partial charge in [-0.25, -0.2) is 0 Å². The van der Waals surface area contributed by atoms with Gasteiger partial charge in [-0.15, -0.1) is 0 Å². The Morgan fingerprint density at radius 2 is 2.00 bits per heavy atom. The van der Waals surface area contributed by atoms with Crippen molar-refractivity contribution in [1.29, 1.82) is 0 Å². The van der Waals surface area contributed by atoms with Crippen molar-refractivity contribution in [3.05, 3.63) is 35.9 Å². The zero-order valence-electron chi connectivity index (χ0n) is 8.49. The van der Waals surface area contributed by atoms with Gasteiger partial charge in [0.05, 0.1) is 13.5 Å². The van der Waals surface area contributed by atoms with Crippen molar-refractivity contribution in [2.45, 2.75) is 18.9 Å². The van der Waals surface area contributed by atoms with Crippen molar-refractivity contribution in [1.82, 2.24) is 0 Å². The molecular weight excluding hydrogens is 178 g/mol. The summed E-state index contributed by atoms with van der Waals surface area (Å²) >= 11 is 0. The molecule has 0 heterocycles. The minimum atomic E-state index is -0.658. The molecule has 1 aromatic carbocycles. The van der Waals surface area contributed by atoms with Crippen LogP contribution in [0.2, 0.25) is 0 Å². The van der Waals surface area contributed by atoms with Gasteiger partial charge in [0.2, 0.25) is 0 Å². The van der Waals surface area contributed by atoms with Crippen LogP contribution in [0.3, 0.4) is 0 Å². The van der Waals surface area contributed by atoms with Gasteiger partial charge in [-0.1, -0.05) is 30.3 Å². The fraction of sp³-hybridized carbons (Fsp3) is 0.364. The smallest absolute Gasteiger partial charge is 0.307 e. The molecule has 0 unspecified atom stereocenters. The van der Waals surface area contributed by atoms with Crippen molar-refractivity contribution in [3.63, 3.8) is 0 Å². The van der Waals surface area contributed by atoms with E-state index in [2.05, 4.69) is 4.74 Å². The number of methoxy groups -OCH3 is 1. The minimum absolute atomic E-state index is 0.188. The number of rotatable bonds is 3. The van der Waals surface area contributed by atoms with E-state index < -0.39 is 5.54 Å². The van der Waals surface area contributed by atoms with Crippen LogP contribution in [-0.4, -0.2) is 13.1 Å². The van der Waals surface area contributed by atoms with Crippen LogP contribution in [0.5, 0.6) is 0 Å². The van der Waals surface area contributed by atoms with Crippen molar-refractivity contribution in [2.75, 3.05) is 7.11 Å². The number of nitrogens with two attached hydrogens (primary N) is 1. The second-order valence-corrected chi connectivity index (χ2v) is 3.54. The molecule has 0 aromatic heterocycles. The SMILES string of the molecule is COC(=O)C[C@](C)(N)c1ccccc1. The van der Waals surface area contributed by atoms with E-state index in [0.717, 1.165) is 5.56 Å². The average molecular weight is 193 g/mol. The Balaban J connectivity index is 2.80. The molecule has 76 valence electrons. The van der Waals surface area contributed by atoms with Crippen molar-refractivity contribution in [3.8, 4) is 0 Å². The molecule has 0 aliphatic carbocycles. The van der Waals surface area contributed by atoms with Gasteiger partial charge in [-0.05, 0) is 12.5 Å². The van der Waals surface area contributed by atoms with Gasteiger partial charge in [0, 0.05) is 5.54 Å². The first-order valence-electron chi connectivity index (χ1n) is 4.47. The van der Waals surface area contributed by atoms with E-state index in [9.17, 15) is 4.79 Å². The fourth-order valence-electron chi connectivity index (χ4n) is 1.29. The first-order valence-corrected chi connectivity index (χ1v) is 4.47. The highest BCUT2D eigenvalue weighted by atomic mass is 16.5. The summed E-state index contributed by atoms with van der Waals surface area (Å²) in [6.07, 6.45) is 0.188. The lowest BCUT2D eigenvalue weighted by atomic mass is 9.90. The first-order chi connectivity index (χ1) is 6.56. The van der Waals surface area contributed by atoms with E-state index in [1.807, 2.05) is 37.3 Å². The molecule has 0 aliphatic heterocycles. The zero-order valence-corrected chi connectivity index (χ0v) is 8.49. The monoisotopic (exact) mass is 193 g/mol. The summed E-state index contributed by atoms with van der Waals surface area (Å²) in [6.45, 7) is 1.82. The summed E-state index contributed by atoms with van der Waals surface area (Å²) in [4.78, 5) is 11.1. The van der Waals surface area contributed by atoms with Gasteiger partial charge in [0.25, 0.3) is 0 Å². The van der Waals surface area contributed by atoms with Crippen LogP contribution >= 0.6 is 0 Å². The Kier molecular flexibility index (Phi) is 3.25. The van der Waals surface area contributed by atoms with Gasteiger partial charge in [0.1, 0.15) is 0 Å². The number of hydrogen-bond acceptors (Lipinski definition) is 3. The molecular formula is C11H15NO2. The predicted octanol–water partition coefficient (Wildman–Crippen LogP) is 1.42. The quantitative estimate of drug-likeness (QED) is 0.739. The topological polar surface area (TPSA) is 52.3 Å². The van der Waals surface area contributed by atoms with Crippen LogP contribution in [-0.2, 0) is 15.1 Å². The molecule has 0 spiro atoms. The first kappa shape index (κ1) is 10.7. The Labute approximate surface area is 83.9 Å². The van der Waals surface area contributed by atoms with Crippen LogP contribution < -0.4 is 5.73 Å². The molecule has 0 amide bonds. The maximum Gasteiger partial charge on any atom is 0.307 e. The Bertz CT molecular complexity index is 306. The maximum absolute atomic E-state index is 11.1. The standard InChI is InChI=1S/C11H15NO2/c1-11(12,8-10(13)14-2)9-6-4-3-5-7-9/h3-7H,8,12H2,1-2H3/t11-/m0/s1. The summed E-state index contributed by atoms with van der Waals surface area (Å²) < 4.78 is 4.59. The molecule has 0 radical (unpaired) electrons. The lowest BCUT2D eigenvalue weighted by molar-refractivity contribution is -0.141. The molecule has 0 saturated heterocycles. The van der Waals surface area contributed by atoms with Crippen LogP contribution in [0.25, 0.3) is 0 Å². The molecule has 1 rings (SSSR count). The molecule has 1 atom stereocenters. The highest BCUT2D eigenvalue weighted by molar-refractivity contribution is 5.71. The van der Waals surface area contributed by atoms with Gasteiger partial charge in [0.15, 0.2) is 0 Å². The summed E-state index contributed by atoms with van der Waals surface area (Å²) in [5.74, 6) is -0.293. The summed E-state index contributed by atoms with van der Waals surface area (Å²) in [5.41, 5.74) is 6.29. The second kappa shape index (κ2) is 4.24. The Hall–Kier alpha value is -1.35. The molecule has 0 saturated carbocycles. The van der Waals surface area contributed by atoms with E-state index >= 15 is 0 Å². The predicted molar refractivity (Wildman–Crippen MR) is 54.6 cm³/mol. The van der Waals surface area contributed by atoms with E-state index in [1.165, 1.54) is 7.11 Å². The summed E-state index contributed by atoms with van der Waals surface area (Å²) in [7, 11) is 1.36.